The van der Waals surface area contributed by atoms with Gasteiger partial charge in [0.15, 0.2) is 0 Å². The zero-order valence-electron chi connectivity index (χ0n) is 13.8. The molecule has 0 bridgehead atoms. The molecule has 1 heterocycles. The van der Waals surface area contributed by atoms with Gasteiger partial charge >= 0.3 is 0 Å². The molecule has 1 aromatic heterocycles. The molecule has 128 valence electrons. The smallest absolute Gasteiger partial charge is 0.261 e. The maximum atomic E-state index is 12.3. The summed E-state index contributed by atoms with van der Waals surface area (Å²) in [5.41, 5.74) is 1.46. The molecule has 2 aromatic carbocycles. The molecule has 0 aliphatic rings. The van der Waals surface area contributed by atoms with Crippen molar-refractivity contribution in [2.24, 2.45) is 0 Å². The number of hydrogen-bond acceptors (Lipinski definition) is 4. The average molecular weight is 353 g/mol. The van der Waals surface area contributed by atoms with Crippen molar-refractivity contribution in [1.82, 2.24) is 4.98 Å². The first-order valence-corrected chi connectivity index (χ1v) is 9.45. The molecule has 0 atom stereocenters. The first kappa shape index (κ1) is 17.0. The van der Waals surface area contributed by atoms with Gasteiger partial charge in [-0.15, -0.1) is 0 Å². The number of sulfonamides is 1. The van der Waals surface area contributed by atoms with E-state index in [1.165, 1.54) is 6.20 Å². The first-order chi connectivity index (χ1) is 12.1. The van der Waals surface area contributed by atoms with E-state index in [0.717, 1.165) is 18.1 Å². The summed E-state index contributed by atoms with van der Waals surface area (Å²) in [5.74, 6) is 0.761. The fourth-order valence-corrected chi connectivity index (χ4v) is 3.57. The molecular weight excluding hydrogens is 334 g/mol. The summed E-state index contributed by atoms with van der Waals surface area (Å²) < 4.78 is 27.2. The van der Waals surface area contributed by atoms with Crippen LogP contribution in [0.5, 0.6) is 0 Å². The second-order valence-electron chi connectivity index (χ2n) is 5.40. The lowest BCUT2D eigenvalue weighted by atomic mass is 10.3. The highest BCUT2D eigenvalue weighted by Crippen LogP contribution is 2.24. The SMILES string of the molecule is CCN(c1ccccc1)c1ccc(NS(=O)(=O)c2ccccc2)cn1. The van der Waals surface area contributed by atoms with Gasteiger partial charge in [0, 0.05) is 12.2 Å². The number of hydrogen-bond donors (Lipinski definition) is 1. The van der Waals surface area contributed by atoms with E-state index in [-0.39, 0.29) is 4.90 Å². The van der Waals surface area contributed by atoms with Crippen LogP contribution < -0.4 is 9.62 Å². The molecule has 0 saturated carbocycles. The van der Waals surface area contributed by atoms with Crippen molar-refractivity contribution in [2.45, 2.75) is 11.8 Å². The molecule has 0 spiro atoms. The first-order valence-electron chi connectivity index (χ1n) is 7.96. The Morgan fingerprint density at radius 3 is 2.12 bits per heavy atom. The third-order valence-corrected chi connectivity index (χ3v) is 5.11. The zero-order chi connectivity index (χ0) is 17.7. The van der Waals surface area contributed by atoms with Gasteiger partial charge in [-0.25, -0.2) is 13.4 Å². The van der Waals surface area contributed by atoms with Gasteiger partial charge in [-0.05, 0) is 43.3 Å². The Kier molecular flexibility index (Phi) is 5.00. The van der Waals surface area contributed by atoms with Crippen molar-refractivity contribution in [3.63, 3.8) is 0 Å². The number of pyridine rings is 1. The van der Waals surface area contributed by atoms with E-state index >= 15 is 0 Å². The van der Waals surface area contributed by atoms with Crippen molar-refractivity contribution in [1.29, 1.82) is 0 Å². The Morgan fingerprint density at radius 2 is 1.56 bits per heavy atom. The van der Waals surface area contributed by atoms with Crippen LogP contribution in [0.25, 0.3) is 0 Å². The Bertz CT molecular complexity index is 912. The van der Waals surface area contributed by atoms with Crippen LogP contribution in [0, 0.1) is 0 Å². The number of para-hydroxylation sites is 1. The fourth-order valence-electron chi connectivity index (χ4n) is 2.50. The lowest BCUT2D eigenvalue weighted by Crippen LogP contribution is -2.17. The van der Waals surface area contributed by atoms with Gasteiger partial charge in [0.2, 0.25) is 0 Å². The van der Waals surface area contributed by atoms with Crippen LogP contribution in [0.3, 0.4) is 0 Å². The van der Waals surface area contributed by atoms with E-state index in [1.807, 2.05) is 37.3 Å². The van der Waals surface area contributed by atoms with E-state index in [0.29, 0.717) is 5.69 Å². The Labute approximate surface area is 148 Å². The van der Waals surface area contributed by atoms with Gasteiger partial charge in [0.05, 0.1) is 16.8 Å². The van der Waals surface area contributed by atoms with E-state index < -0.39 is 10.0 Å². The summed E-state index contributed by atoms with van der Waals surface area (Å²) in [5, 5.41) is 0. The topological polar surface area (TPSA) is 62.3 Å². The Morgan fingerprint density at radius 1 is 0.920 bits per heavy atom. The molecule has 5 nitrogen and oxygen atoms in total. The fraction of sp³-hybridized carbons (Fsp3) is 0.105. The summed E-state index contributed by atoms with van der Waals surface area (Å²) in [6.45, 7) is 2.80. The van der Waals surface area contributed by atoms with E-state index in [2.05, 4.69) is 14.6 Å². The largest absolute Gasteiger partial charge is 0.327 e. The monoisotopic (exact) mass is 353 g/mol. The minimum Gasteiger partial charge on any atom is -0.327 e. The molecule has 25 heavy (non-hydrogen) atoms. The van der Waals surface area contributed by atoms with Crippen molar-refractivity contribution >= 4 is 27.2 Å². The summed E-state index contributed by atoms with van der Waals surface area (Å²) in [7, 11) is -3.61. The standard InChI is InChI=1S/C19H19N3O2S/c1-2-22(17-9-5-3-6-10-17)19-14-13-16(15-20-19)21-25(23,24)18-11-7-4-8-12-18/h3-15,21H,2H2,1H3. The summed E-state index contributed by atoms with van der Waals surface area (Å²) in [4.78, 5) is 6.68. The van der Waals surface area contributed by atoms with Gasteiger partial charge < -0.3 is 4.90 Å². The summed E-state index contributed by atoms with van der Waals surface area (Å²) >= 11 is 0. The maximum Gasteiger partial charge on any atom is 0.261 e. The van der Waals surface area contributed by atoms with Crippen LogP contribution in [0.1, 0.15) is 6.92 Å². The number of aromatic nitrogens is 1. The lowest BCUT2D eigenvalue weighted by molar-refractivity contribution is 0.601. The third kappa shape index (κ3) is 3.97. The van der Waals surface area contributed by atoms with Crippen molar-refractivity contribution < 1.29 is 8.42 Å². The van der Waals surface area contributed by atoms with Gasteiger partial charge in [-0.3, -0.25) is 4.72 Å². The molecule has 0 aliphatic carbocycles. The van der Waals surface area contributed by atoms with E-state index in [9.17, 15) is 8.42 Å². The maximum absolute atomic E-state index is 12.3. The zero-order valence-corrected chi connectivity index (χ0v) is 14.6. The van der Waals surface area contributed by atoms with Crippen LogP contribution in [0.2, 0.25) is 0 Å². The van der Waals surface area contributed by atoms with Gasteiger partial charge in [-0.1, -0.05) is 36.4 Å². The Balaban J connectivity index is 1.81. The molecule has 0 saturated heterocycles. The Hall–Kier alpha value is -2.86. The molecule has 0 fully saturated rings. The molecule has 0 radical (unpaired) electrons. The molecule has 0 amide bonds. The molecular formula is C19H19N3O2S. The van der Waals surface area contributed by atoms with Gasteiger partial charge in [0.1, 0.15) is 5.82 Å². The van der Waals surface area contributed by atoms with Crippen LogP contribution in [-0.4, -0.2) is 19.9 Å². The van der Waals surface area contributed by atoms with Gasteiger partial charge in [-0.2, -0.15) is 0 Å². The minimum absolute atomic E-state index is 0.221. The predicted octanol–water partition coefficient (Wildman–Crippen LogP) is 4.04. The number of nitrogens with zero attached hydrogens (tertiary/aromatic N) is 2. The predicted molar refractivity (Wildman–Crippen MR) is 101 cm³/mol. The average Bonchev–Trinajstić information content (AvgIpc) is 2.65. The molecule has 0 aliphatic heterocycles. The van der Waals surface area contributed by atoms with Crippen LogP contribution in [0.15, 0.2) is 83.9 Å². The second kappa shape index (κ2) is 7.36. The molecule has 0 unspecified atom stereocenters. The third-order valence-electron chi connectivity index (χ3n) is 3.71. The number of anilines is 3. The minimum atomic E-state index is -3.61. The number of benzene rings is 2. The van der Waals surface area contributed by atoms with Crippen molar-refractivity contribution in [2.75, 3.05) is 16.2 Å². The second-order valence-corrected chi connectivity index (χ2v) is 7.09. The van der Waals surface area contributed by atoms with Crippen molar-refractivity contribution in [3.8, 4) is 0 Å². The highest BCUT2D eigenvalue weighted by atomic mass is 32.2. The highest BCUT2D eigenvalue weighted by molar-refractivity contribution is 7.92. The molecule has 3 aromatic rings. The van der Waals surface area contributed by atoms with Crippen LogP contribution in [-0.2, 0) is 10.0 Å². The molecule has 1 N–H and O–H groups in total. The number of nitrogens with one attached hydrogen (secondary N) is 1. The summed E-state index contributed by atoms with van der Waals surface area (Å²) in [6.07, 6.45) is 1.53. The van der Waals surface area contributed by atoms with E-state index in [1.54, 1.807) is 42.5 Å². The molecule has 3 rings (SSSR count). The van der Waals surface area contributed by atoms with Crippen molar-refractivity contribution in [3.05, 3.63) is 79.0 Å². The summed E-state index contributed by atoms with van der Waals surface area (Å²) in [6, 6.07) is 21.7. The van der Waals surface area contributed by atoms with Crippen LogP contribution >= 0.6 is 0 Å². The molecule has 6 heteroatoms. The quantitative estimate of drug-likeness (QED) is 0.726. The lowest BCUT2D eigenvalue weighted by Gasteiger charge is -2.22. The van der Waals surface area contributed by atoms with Gasteiger partial charge in [0.25, 0.3) is 10.0 Å². The van der Waals surface area contributed by atoms with E-state index in [4.69, 9.17) is 0 Å². The van der Waals surface area contributed by atoms with Crippen LogP contribution in [0.4, 0.5) is 17.2 Å². The number of rotatable bonds is 6. The highest BCUT2D eigenvalue weighted by Gasteiger charge is 2.14. The normalized spacial score (nSPS) is 11.1.